The number of carbonyl (C=O) groups excluding carboxylic acids is 4. The second-order valence-corrected chi connectivity index (χ2v) is 8.47. The molecule has 0 unspecified atom stereocenters. The molecule has 0 atom stereocenters. The molecule has 2 aromatic carbocycles. The normalized spacial score (nSPS) is 12.6. The Morgan fingerprint density at radius 2 is 1.56 bits per heavy atom. The number of nitrogens with one attached hydrogen (secondary N) is 1. The third-order valence-electron chi connectivity index (χ3n) is 4.90. The van der Waals surface area contributed by atoms with Crippen molar-refractivity contribution in [1.29, 1.82) is 0 Å². The Morgan fingerprint density at radius 3 is 2.16 bits per heavy atom. The van der Waals surface area contributed by atoms with E-state index in [1.807, 2.05) is 0 Å². The SMILES string of the molecule is CC(C)(C)OC(=O)N(CCCNc1ccc2c(c1)C(=O)c1ccccc1C2=O)C(=O)CN. The lowest BCUT2D eigenvalue weighted by Crippen LogP contribution is -2.44. The summed E-state index contributed by atoms with van der Waals surface area (Å²) in [5.41, 5.74) is 6.90. The molecule has 8 heteroatoms. The van der Waals surface area contributed by atoms with Gasteiger partial charge < -0.3 is 15.8 Å². The molecule has 0 bridgehead atoms. The molecule has 0 radical (unpaired) electrons. The van der Waals surface area contributed by atoms with Crippen LogP contribution in [0.25, 0.3) is 0 Å². The maximum atomic E-state index is 12.8. The molecule has 2 amide bonds. The van der Waals surface area contributed by atoms with Crippen LogP contribution in [0.1, 0.15) is 59.0 Å². The first kappa shape index (κ1) is 23.1. The highest BCUT2D eigenvalue weighted by Crippen LogP contribution is 2.29. The Morgan fingerprint density at radius 1 is 0.969 bits per heavy atom. The van der Waals surface area contributed by atoms with Crippen LogP contribution in [0.5, 0.6) is 0 Å². The summed E-state index contributed by atoms with van der Waals surface area (Å²) in [6, 6.07) is 11.8. The van der Waals surface area contributed by atoms with E-state index < -0.39 is 17.6 Å². The summed E-state index contributed by atoms with van der Waals surface area (Å²) in [5.74, 6) is -0.880. The number of hydrogen-bond donors (Lipinski definition) is 2. The third-order valence-corrected chi connectivity index (χ3v) is 4.90. The standard InChI is InChI=1S/C24H27N3O5/c1-24(2,3)32-23(31)27(20(28)14-25)12-6-11-26-15-9-10-18-19(13-15)22(30)17-8-5-4-7-16(17)21(18)29/h4-5,7-10,13,26H,6,11-12,14,25H2,1-3H3. The van der Waals surface area contributed by atoms with Crippen molar-refractivity contribution in [3.05, 3.63) is 64.7 Å². The van der Waals surface area contributed by atoms with E-state index in [4.69, 9.17) is 10.5 Å². The molecule has 0 aromatic heterocycles. The lowest BCUT2D eigenvalue weighted by atomic mass is 9.84. The Balaban J connectivity index is 1.64. The Hall–Kier alpha value is -3.52. The Kier molecular flexibility index (Phi) is 6.74. The first-order valence-electron chi connectivity index (χ1n) is 10.4. The van der Waals surface area contributed by atoms with E-state index >= 15 is 0 Å². The zero-order valence-corrected chi connectivity index (χ0v) is 18.4. The maximum absolute atomic E-state index is 12.8. The molecule has 0 aliphatic heterocycles. The highest BCUT2D eigenvalue weighted by Gasteiger charge is 2.29. The molecule has 168 valence electrons. The molecule has 32 heavy (non-hydrogen) atoms. The fraction of sp³-hybridized carbons (Fsp3) is 0.333. The number of benzene rings is 2. The van der Waals surface area contributed by atoms with Gasteiger partial charge in [0.05, 0.1) is 6.54 Å². The van der Waals surface area contributed by atoms with E-state index in [9.17, 15) is 19.2 Å². The molecule has 3 N–H and O–H groups in total. The van der Waals surface area contributed by atoms with Gasteiger partial charge in [-0.2, -0.15) is 0 Å². The maximum Gasteiger partial charge on any atom is 0.417 e. The van der Waals surface area contributed by atoms with Gasteiger partial charge in [0, 0.05) is 41.0 Å². The quantitative estimate of drug-likeness (QED) is 0.569. The second kappa shape index (κ2) is 9.32. The Labute approximate surface area is 186 Å². The van der Waals surface area contributed by atoms with Gasteiger partial charge in [0.25, 0.3) is 0 Å². The van der Waals surface area contributed by atoms with Crippen molar-refractivity contribution in [2.45, 2.75) is 32.8 Å². The number of carbonyl (C=O) groups is 4. The molecule has 8 nitrogen and oxygen atoms in total. The number of amides is 2. The summed E-state index contributed by atoms with van der Waals surface area (Å²) in [7, 11) is 0. The lowest BCUT2D eigenvalue weighted by molar-refractivity contribution is -0.128. The third kappa shape index (κ3) is 5.03. The monoisotopic (exact) mass is 437 g/mol. The number of ether oxygens (including phenoxy) is 1. The molecule has 0 spiro atoms. The topological polar surface area (TPSA) is 119 Å². The molecular formula is C24H27N3O5. The summed E-state index contributed by atoms with van der Waals surface area (Å²) in [5, 5.41) is 3.17. The summed E-state index contributed by atoms with van der Waals surface area (Å²) < 4.78 is 5.27. The number of anilines is 1. The minimum atomic E-state index is -0.732. The van der Waals surface area contributed by atoms with Gasteiger partial charge in [-0.3, -0.25) is 14.4 Å². The van der Waals surface area contributed by atoms with E-state index in [0.717, 1.165) is 4.90 Å². The average molecular weight is 437 g/mol. The van der Waals surface area contributed by atoms with Gasteiger partial charge in [0.1, 0.15) is 5.60 Å². The molecule has 3 rings (SSSR count). The van der Waals surface area contributed by atoms with E-state index in [-0.39, 0.29) is 24.7 Å². The molecule has 1 aliphatic rings. The van der Waals surface area contributed by atoms with Crippen LogP contribution >= 0.6 is 0 Å². The van der Waals surface area contributed by atoms with E-state index in [1.165, 1.54) is 0 Å². The van der Waals surface area contributed by atoms with Crippen molar-refractivity contribution in [2.75, 3.05) is 25.0 Å². The van der Waals surface area contributed by atoms with Gasteiger partial charge in [0.2, 0.25) is 5.91 Å². The molecular weight excluding hydrogens is 410 g/mol. The van der Waals surface area contributed by atoms with Gasteiger partial charge in [-0.05, 0) is 45.4 Å². The van der Waals surface area contributed by atoms with Crippen LogP contribution < -0.4 is 11.1 Å². The fourth-order valence-corrected chi connectivity index (χ4v) is 3.42. The van der Waals surface area contributed by atoms with Crippen LogP contribution in [-0.4, -0.2) is 53.7 Å². The molecule has 0 heterocycles. The van der Waals surface area contributed by atoms with Crippen molar-refractivity contribution in [3.63, 3.8) is 0 Å². The van der Waals surface area contributed by atoms with Crippen LogP contribution in [0, 0.1) is 0 Å². The number of hydrogen-bond acceptors (Lipinski definition) is 7. The van der Waals surface area contributed by atoms with Gasteiger partial charge in [-0.1, -0.05) is 24.3 Å². The zero-order valence-electron chi connectivity index (χ0n) is 18.4. The average Bonchev–Trinajstić information content (AvgIpc) is 2.75. The first-order valence-corrected chi connectivity index (χ1v) is 10.4. The number of fused-ring (bicyclic) bond motifs is 2. The first-order chi connectivity index (χ1) is 15.1. The molecule has 0 fully saturated rings. The van der Waals surface area contributed by atoms with Gasteiger partial charge >= 0.3 is 6.09 Å². The van der Waals surface area contributed by atoms with E-state index in [1.54, 1.807) is 63.2 Å². The highest BCUT2D eigenvalue weighted by atomic mass is 16.6. The van der Waals surface area contributed by atoms with E-state index in [2.05, 4.69) is 5.32 Å². The lowest BCUT2D eigenvalue weighted by Gasteiger charge is -2.26. The largest absolute Gasteiger partial charge is 0.443 e. The zero-order chi connectivity index (χ0) is 23.5. The summed E-state index contributed by atoms with van der Waals surface area (Å²) in [6.07, 6.45) is -0.290. The number of rotatable bonds is 6. The summed E-state index contributed by atoms with van der Waals surface area (Å²) in [6.45, 7) is 5.42. The van der Waals surface area contributed by atoms with Crippen molar-refractivity contribution >= 4 is 29.3 Å². The number of nitrogens with two attached hydrogens (primary N) is 1. The number of nitrogens with zero attached hydrogens (tertiary/aromatic N) is 1. The van der Waals surface area contributed by atoms with E-state index in [0.29, 0.717) is 40.9 Å². The minimum absolute atomic E-state index is 0.133. The van der Waals surface area contributed by atoms with Gasteiger partial charge in [-0.15, -0.1) is 0 Å². The molecule has 0 saturated carbocycles. The van der Waals surface area contributed by atoms with Crippen molar-refractivity contribution < 1.29 is 23.9 Å². The summed E-state index contributed by atoms with van der Waals surface area (Å²) in [4.78, 5) is 50.9. The van der Waals surface area contributed by atoms with Gasteiger partial charge in [0.15, 0.2) is 11.6 Å². The molecule has 1 aliphatic carbocycles. The van der Waals surface area contributed by atoms with Crippen LogP contribution in [0.4, 0.5) is 10.5 Å². The Bertz CT molecular complexity index is 1070. The smallest absolute Gasteiger partial charge is 0.417 e. The molecule has 2 aromatic rings. The van der Waals surface area contributed by atoms with Crippen molar-refractivity contribution in [2.24, 2.45) is 5.73 Å². The fourth-order valence-electron chi connectivity index (χ4n) is 3.42. The highest BCUT2D eigenvalue weighted by molar-refractivity contribution is 6.28. The van der Waals surface area contributed by atoms with Crippen LogP contribution in [0.2, 0.25) is 0 Å². The minimum Gasteiger partial charge on any atom is -0.443 e. The van der Waals surface area contributed by atoms with Crippen molar-refractivity contribution in [3.8, 4) is 0 Å². The number of ketones is 2. The van der Waals surface area contributed by atoms with Crippen LogP contribution in [0.15, 0.2) is 42.5 Å². The van der Waals surface area contributed by atoms with Crippen LogP contribution in [0.3, 0.4) is 0 Å². The predicted octanol–water partition coefficient (Wildman–Crippen LogP) is 2.99. The predicted molar refractivity (Wildman–Crippen MR) is 120 cm³/mol. The summed E-state index contributed by atoms with van der Waals surface area (Å²) >= 11 is 0. The van der Waals surface area contributed by atoms with Gasteiger partial charge in [-0.25, -0.2) is 9.69 Å². The van der Waals surface area contributed by atoms with Crippen LogP contribution in [-0.2, 0) is 9.53 Å². The number of imide groups is 1. The van der Waals surface area contributed by atoms with Crippen molar-refractivity contribution in [1.82, 2.24) is 4.90 Å². The molecule has 0 saturated heterocycles. The second-order valence-electron chi connectivity index (χ2n) is 8.47.